The van der Waals surface area contributed by atoms with E-state index in [0.29, 0.717) is 17.3 Å². The second-order valence-electron chi connectivity index (χ2n) is 11.3. The van der Waals surface area contributed by atoms with E-state index in [9.17, 15) is 22.5 Å². The van der Waals surface area contributed by atoms with Crippen molar-refractivity contribution in [1.82, 2.24) is 19.7 Å². The zero-order valence-electron chi connectivity index (χ0n) is 21.8. The summed E-state index contributed by atoms with van der Waals surface area (Å²) in [6.45, 7) is 10.3. The van der Waals surface area contributed by atoms with Gasteiger partial charge in [-0.15, -0.1) is 4.72 Å². The summed E-state index contributed by atoms with van der Waals surface area (Å²) in [5.74, 6) is -0.917. The van der Waals surface area contributed by atoms with Crippen molar-refractivity contribution < 1.29 is 27.3 Å². The van der Waals surface area contributed by atoms with E-state index in [4.69, 9.17) is 4.74 Å². The molecule has 1 N–H and O–H groups in total. The van der Waals surface area contributed by atoms with Crippen LogP contribution in [-0.2, 0) is 26.4 Å². The van der Waals surface area contributed by atoms with E-state index in [1.807, 2.05) is 0 Å². The van der Waals surface area contributed by atoms with Crippen molar-refractivity contribution in [3.05, 3.63) is 36.0 Å². The number of carbonyl (C=O) groups is 1. The second-order valence-corrected chi connectivity index (χ2v) is 13.2. The third-order valence-electron chi connectivity index (χ3n) is 6.04. The minimum atomic E-state index is -4.62. The summed E-state index contributed by atoms with van der Waals surface area (Å²) in [5.41, 5.74) is -2.79. The molecule has 0 radical (unpaired) electrons. The van der Waals surface area contributed by atoms with E-state index in [1.54, 1.807) is 69.9 Å². The van der Waals surface area contributed by atoms with E-state index < -0.39 is 51.7 Å². The van der Waals surface area contributed by atoms with Crippen molar-refractivity contribution in [3.8, 4) is 11.3 Å². The smallest absolute Gasteiger partial charge is 0.394 e. The van der Waals surface area contributed by atoms with Gasteiger partial charge in [0.15, 0.2) is 5.54 Å². The van der Waals surface area contributed by atoms with Crippen molar-refractivity contribution >= 4 is 17.3 Å². The Hall–Kier alpha value is -2.11. The lowest BCUT2D eigenvalue weighted by Gasteiger charge is -2.41. The molecule has 1 aromatic heterocycles. The predicted octanol–water partition coefficient (Wildman–Crippen LogP) is 5.46. The van der Waals surface area contributed by atoms with Crippen LogP contribution in [0.1, 0.15) is 79.3 Å². The molecule has 1 aliphatic rings. The highest BCUT2D eigenvalue weighted by Gasteiger charge is 2.58. The maximum Gasteiger partial charge on any atom is 0.394 e. The number of alkyl halides is 3. The maximum atomic E-state index is 14.1. The number of nitrogens with zero attached hydrogens (tertiary/aromatic N) is 3. The Balaban J connectivity index is 2.11. The Morgan fingerprint density at radius 2 is 1.75 bits per heavy atom. The SMILES string of the molecule is CC(C)OC(=O)C(CC(C)(C)C(F)(F)F)(N[S@@+]([O-])C(C)(C)C)c1ccc(-c2cnn(C3CC3)n2)cc1. The number of nitrogens with one attached hydrogen (secondary N) is 1. The minimum Gasteiger partial charge on any atom is -0.598 e. The molecule has 1 unspecified atom stereocenters. The van der Waals surface area contributed by atoms with Crippen molar-refractivity contribution in [2.75, 3.05) is 0 Å². The van der Waals surface area contributed by atoms with Gasteiger partial charge in [0.25, 0.3) is 0 Å². The van der Waals surface area contributed by atoms with Gasteiger partial charge < -0.3 is 9.29 Å². The van der Waals surface area contributed by atoms with Gasteiger partial charge >= 0.3 is 12.1 Å². The molecule has 0 saturated heterocycles. The molecular weight excluding hydrogens is 493 g/mol. The number of hydrogen-bond donors (Lipinski definition) is 1. The summed E-state index contributed by atoms with van der Waals surface area (Å²) in [6.07, 6.45) is -2.24. The highest BCUT2D eigenvalue weighted by Crippen LogP contribution is 2.47. The number of rotatable bonds is 9. The average Bonchev–Trinajstić information content (AvgIpc) is 3.47. The lowest BCUT2D eigenvalue weighted by molar-refractivity contribution is -0.220. The van der Waals surface area contributed by atoms with E-state index in [2.05, 4.69) is 14.9 Å². The predicted molar refractivity (Wildman–Crippen MR) is 132 cm³/mol. The number of hydrogen-bond acceptors (Lipinski definition) is 6. The molecule has 1 aliphatic carbocycles. The lowest BCUT2D eigenvalue weighted by atomic mass is 9.74. The largest absolute Gasteiger partial charge is 0.598 e. The number of aromatic nitrogens is 3. The van der Waals surface area contributed by atoms with Gasteiger partial charge in [0.2, 0.25) is 0 Å². The number of carbonyl (C=O) groups excluding carboxylic acids is 1. The lowest BCUT2D eigenvalue weighted by Crippen LogP contribution is -2.59. The molecule has 36 heavy (non-hydrogen) atoms. The number of benzene rings is 1. The third kappa shape index (κ3) is 6.23. The van der Waals surface area contributed by atoms with Gasteiger partial charge in [0.05, 0.1) is 23.8 Å². The number of halogens is 3. The Labute approximate surface area is 213 Å². The fraction of sp³-hybridized carbons (Fsp3) is 0.640. The maximum absolute atomic E-state index is 14.1. The van der Waals surface area contributed by atoms with Gasteiger partial charge in [0, 0.05) is 16.9 Å². The van der Waals surface area contributed by atoms with Crippen LogP contribution in [0.3, 0.4) is 0 Å². The van der Waals surface area contributed by atoms with Crippen LogP contribution in [0.5, 0.6) is 0 Å². The zero-order valence-corrected chi connectivity index (χ0v) is 22.6. The molecule has 200 valence electrons. The third-order valence-corrected chi connectivity index (χ3v) is 7.69. The van der Waals surface area contributed by atoms with Crippen LogP contribution < -0.4 is 4.72 Å². The Morgan fingerprint density at radius 1 is 1.17 bits per heavy atom. The Bertz CT molecular complexity index is 1060. The van der Waals surface area contributed by atoms with Gasteiger partial charge in [-0.1, -0.05) is 38.1 Å². The summed E-state index contributed by atoms with van der Waals surface area (Å²) in [6, 6.07) is 6.78. The van der Waals surface area contributed by atoms with Gasteiger partial charge in [-0.25, -0.2) is 4.79 Å². The fourth-order valence-corrected chi connectivity index (χ4v) is 4.53. The molecule has 2 aromatic rings. The van der Waals surface area contributed by atoms with Crippen LogP contribution in [0.2, 0.25) is 0 Å². The normalized spacial score (nSPS) is 17.7. The van der Waals surface area contributed by atoms with Crippen LogP contribution in [0.25, 0.3) is 11.3 Å². The molecule has 1 aromatic carbocycles. The fourth-order valence-electron chi connectivity index (χ4n) is 3.63. The number of ether oxygens (including phenoxy) is 1. The first kappa shape index (κ1) is 28.5. The molecule has 0 aliphatic heterocycles. The first-order chi connectivity index (χ1) is 16.5. The summed E-state index contributed by atoms with van der Waals surface area (Å²) in [7, 11) is 0. The molecule has 0 spiro atoms. The highest BCUT2D eigenvalue weighted by atomic mass is 32.2. The molecule has 0 amide bonds. The van der Waals surface area contributed by atoms with Crippen LogP contribution in [0.4, 0.5) is 13.2 Å². The van der Waals surface area contributed by atoms with E-state index in [1.165, 1.54) is 0 Å². The first-order valence-electron chi connectivity index (χ1n) is 12.0. The average molecular weight is 529 g/mol. The summed E-state index contributed by atoms with van der Waals surface area (Å²) in [5, 5.41) is 8.76. The van der Waals surface area contributed by atoms with Crippen molar-refractivity contribution in [2.24, 2.45) is 5.41 Å². The molecule has 3 rings (SSSR count). The van der Waals surface area contributed by atoms with Gasteiger partial charge in [-0.05, 0) is 59.4 Å². The molecule has 7 nitrogen and oxygen atoms in total. The molecule has 1 saturated carbocycles. The van der Waals surface area contributed by atoms with Gasteiger partial charge in [-0.3, -0.25) is 0 Å². The topological polar surface area (TPSA) is 92.1 Å². The zero-order chi connectivity index (χ0) is 27.1. The standard InChI is InChI=1S/C25H35F3N4O3S/c1-16(2)35-21(33)24(31-36(34)22(3,4)5,15-23(6,7)25(26,27)28)18-10-8-17(9-11-18)20-14-29-32(30-20)19-12-13-19/h8-11,14,16,19,31H,12-13,15H2,1-7H3/t24?,36-/m0/s1. The van der Waals surface area contributed by atoms with Crippen LogP contribution in [-0.4, -0.2) is 42.5 Å². The van der Waals surface area contributed by atoms with E-state index in [0.717, 1.165) is 26.7 Å². The van der Waals surface area contributed by atoms with Crippen LogP contribution in [0.15, 0.2) is 30.5 Å². The van der Waals surface area contributed by atoms with E-state index >= 15 is 0 Å². The molecule has 0 bridgehead atoms. The summed E-state index contributed by atoms with van der Waals surface area (Å²) in [4.78, 5) is 15.2. The molecule has 2 atom stereocenters. The molecular formula is C25H35F3N4O3S. The molecule has 11 heteroatoms. The second kappa shape index (κ2) is 9.98. The summed E-state index contributed by atoms with van der Waals surface area (Å²) >= 11 is -1.88. The van der Waals surface area contributed by atoms with Crippen molar-refractivity contribution in [2.45, 2.75) is 96.3 Å². The van der Waals surface area contributed by atoms with Gasteiger partial charge in [0.1, 0.15) is 10.4 Å². The molecule has 1 heterocycles. The van der Waals surface area contributed by atoms with Crippen molar-refractivity contribution in [1.29, 1.82) is 0 Å². The van der Waals surface area contributed by atoms with Gasteiger partial charge in [-0.2, -0.15) is 28.2 Å². The first-order valence-corrected chi connectivity index (χ1v) is 13.1. The van der Waals surface area contributed by atoms with Crippen LogP contribution in [0, 0.1) is 5.41 Å². The quantitative estimate of drug-likeness (QED) is 0.343. The molecule has 1 fully saturated rings. The Morgan fingerprint density at radius 3 is 2.22 bits per heavy atom. The van der Waals surface area contributed by atoms with Crippen molar-refractivity contribution in [3.63, 3.8) is 0 Å². The summed E-state index contributed by atoms with van der Waals surface area (Å²) < 4.78 is 62.8. The van der Waals surface area contributed by atoms with E-state index in [-0.39, 0.29) is 5.56 Å². The Kier molecular flexibility index (Phi) is 7.89. The number of esters is 1. The highest BCUT2D eigenvalue weighted by molar-refractivity contribution is 7.90. The monoisotopic (exact) mass is 528 g/mol. The minimum absolute atomic E-state index is 0.224. The van der Waals surface area contributed by atoms with Crippen LogP contribution >= 0.6 is 0 Å².